The predicted molar refractivity (Wildman–Crippen MR) is 86.8 cm³/mol. The van der Waals surface area contributed by atoms with Gasteiger partial charge in [0.2, 0.25) is 0 Å². The summed E-state index contributed by atoms with van der Waals surface area (Å²) in [7, 11) is 0. The van der Waals surface area contributed by atoms with Crippen molar-refractivity contribution in [3.05, 3.63) is 27.2 Å². The quantitative estimate of drug-likeness (QED) is 0.547. The summed E-state index contributed by atoms with van der Waals surface area (Å²) in [6.45, 7) is 6.12. The Kier molecular flexibility index (Phi) is 6.98. The molecule has 0 radical (unpaired) electrons. The van der Waals surface area contributed by atoms with Crippen LogP contribution in [0.4, 0.5) is 0 Å². The fraction of sp³-hybridized carbons (Fsp3) is 0.467. The van der Waals surface area contributed by atoms with Gasteiger partial charge in [0.05, 0.1) is 29.5 Å². The van der Waals surface area contributed by atoms with Crippen LogP contribution in [0, 0.1) is 5.41 Å². The topological polar surface area (TPSA) is 52.6 Å². The van der Waals surface area contributed by atoms with Crippen LogP contribution < -0.4 is 4.74 Å². The van der Waals surface area contributed by atoms with Crippen molar-refractivity contribution in [2.75, 3.05) is 6.61 Å². The Balaban J connectivity index is 2.49. The molecule has 0 aliphatic rings. The molecule has 22 heavy (non-hydrogen) atoms. The minimum Gasteiger partial charge on any atom is -0.465 e. The zero-order chi connectivity index (χ0) is 16.9. The van der Waals surface area contributed by atoms with Gasteiger partial charge in [0.15, 0.2) is 5.75 Å². The minimum absolute atomic E-state index is 0.0285. The Hall–Kier alpha value is -0.970. The van der Waals surface area contributed by atoms with Gasteiger partial charge in [-0.15, -0.1) is 0 Å². The molecule has 0 bridgehead atoms. The number of rotatable bonds is 5. The van der Waals surface area contributed by atoms with Gasteiger partial charge in [0, 0.05) is 5.02 Å². The summed E-state index contributed by atoms with van der Waals surface area (Å²) in [5.74, 6) is -1.06. The second kappa shape index (κ2) is 8.04. The van der Waals surface area contributed by atoms with Crippen LogP contribution in [0.25, 0.3) is 0 Å². The highest BCUT2D eigenvalue weighted by Crippen LogP contribution is 2.36. The number of carbonyl (C=O) groups excluding carboxylic acids is 2. The number of benzene rings is 1. The molecule has 0 atom stereocenters. The van der Waals surface area contributed by atoms with E-state index in [4.69, 9.17) is 44.3 Å². The molecular weight excluding hydrogens is 351 g/mol. The van der Waals surface area contributed by atoms with Gasteiger partial charge in [-0.05, 0) is 17.5 Å². The lowest BCUT2D eigenvalue weighted by Crippen LogP contribution is -2.19. The maximum atomic E-state index is 11.7. The van der Waals surface area contributed by atoms with E-state index in [1.807, 2.05) is 20.8 Å². The molecule has 1 aromatic rings. The van der Waals surface area contributed by atoms with Gasteiger partial charge in [0.25, 0.3) is 0 Å². The third-order valence-corrected chi connectivity index (χ3v) is 3.16. The van der Waals surface area contributed by atoms with Crippen LogP contribution >= 0.6 is 34.8 Å². The van der Waals surface area contributed by atoms with Gasteiger partial charge in [-0.3, -0.25) is 9.59 Å². The molecule has 0 unspecified atom stereocenters. The first-order chi connectivity index (χ1) is 10.1. The van der Waals surface area contributed by atoms with Gasteiger partial charge in [-0.25, -0.2) is 0 Å². The summed E-state index contributed by atoms with van der Waals surface area (Å²) < 4.78 is 10.1. The van der Waals surface area contributed by atoms with Crippen molar-refractivity contribution in [3.63, 3.8) is 0 Å². The second-order valence-electron chi connectivity index (χ2n) is 5.89. The van der Waals surface area contributed by atoms with Gasteiger partial charge in [0.1, 0.15) is 0 Å². The molecule has 0 saturated carbocycles. The van der Waals surface area contributed by atoms with Crippen molar-refractivity contribution in [2.45, 2.75) is 33.6 Å². The Morgan fingerprint density at radius 3 is 2.00 bits per heavy atom. The van der Waals surface area contributed by atoms with Crippen LogP contribution in [-0.4, -0.2) is 18.5 Å². The van der Waals surface area contributed by atoms with Gasteiger partial charge < -0.3 is 9.47 Å². The first kappa shape index (κ1) is 19.1. The van der Waals surface area contributed by atoms with E-state index < -0.39 is 11.9 Å². The SMILES string of the molecule is CC(C)(C)COC(=O)CCC(=O)Oc1c(Cl)cc(Cl)cc1Cl. The molecule has 0 heterocycles. The van der Waals surface area contributed by atoms with Gasteiger partial charge in [-0.1, -0.05) is 55.6 Å². The van der Waals surface area contributed by atoms with E-state index in [2.05, 4.69) is 0 Å². The van der Waals surface area contributed by atoms with Crippen molar-refractivity contribution in [3.8, 4) is 5.75 Å². The number of hydrogen-bond donors (Lipinski definition) is 0. The largest absolute Gasteiger partial charge is 0.465 e. The molecule has 4 nitrogen and oxygen atoms in total. The van der Waals surface area contributed by atoms with Crippen molar-refractivity contribution >= 4 is 46.7 Å². The first-order valence-electron chi connectivity index (χ1n) is 6.59. The average molecular weight is 368 g/mol. The molecular formula is C15H17Cl3O4. The molecule has 0 aliphatic carbocycles. The highest BCUT2D eigenvalue weighted by Gasteiger charge is 2.17. The van der Waals surface area contributed by atoms with Gasteiger partial charge in [-0.2, -0.15) is 0 Å². The van der Waals surface area contributed by atoms with Crippen LogP contribution in [-0.2, 0) is 14.3 Å². The maximum Gasteiger partial charge on any atom is 0.311 e. The van der Waals surface area contributed by atoms with E-state index in [-0.39, 0.29) is 40.7 Å². The first-order valence-corrected chi connectivity index (χ1v) is 7.73. The van der Waals surface area contributed by atoms with Crippen molar-refractivity contribution in [1.82, 2.24) is 0 Å². The number of carbonyl (C=O) groups is 2. The molecule has 0 N–H and O–H groups in total. The molecule has 0 amide bonds. The molecule has 7 heteroatoms. The standard InChI is InChI=1S/C15H17Cl3O4/c1-15(2,3)8-21-12(19)4-5-13(20)22-14-10(17)6-9(16)7-11(14)18/h6-7H,4-5,8H2,1-3H3. The van der Waals surface area contributed by atoms with Gasteiger partial charge >= 0.3 is 11.9 Å². The lowest BCUT2D eigenvalue weighted by atomic mass is 9.99. The maximum absolute atomic E-state index is 11.7. The normalized spacial score (nSPS) is 11.2. The Morgan fingerprint density at radius 1 is 1.00 bits per heavy atom. The molecule has 122 valence electrons. The summed E-state index contributed by atoms with van der Waals surface area (Å²) in [6.07, 6.45) is -0.198. The third-order valence-electron chi connectivity index (χ3n) is 2.38. The summed E-state index contributed by atoms with van der Waals surface area (Å²) >= 11 is 17.6. The monoisotopic (exact) mass is 366 g/mol. The number of hydrogen-bond acceptors (Lipinski definition) is 4. The molecule has 1 aromatic carbocycles. The lowest BCUT2D eigenvalue weighted by Gasteiger charge is -2.17. The summed E-state index contributed by atoms with van der Waals surface area (Å²) in [4.78, 5) is 23.3. The summed E-state index contributed by atoms with van der Waals surface area (Å²) in [5.41, 5.74) is -0.124. The molecule has 1 rings (SSSR count). The van der Waals surface area contributed by atoms with Crippen LogP contribution in [0.1, 0.15) is 33.6 Å². The highest BCUT2D eigenvalue weighted by molar-refractivity contribution is 6.40. The number of halogens is 3. The smallest absolute Gasteiger partial charge is 0.311 e. The van der Waals surface area contributed by atoms with Crippen molar-refractivity contribution in [1.29, 1.82) is 0 Å². The zero-order valence-electron chi connectivity index (χ0n) is 12.5. The number of ether oxygens (including phenoxy) is 2. The number of esters is 2. The fourth-order valence-corrected chi connectivity index (χ4v) is 2.26. The third kappa shape index (κ3) is 6.86. The lowest BCUT2D eigenvalue weighted by molar-refractivity contribution is -0.149. The van der Waals surface area contributed by atoms with E-state index in [9.17, 15) is 9.59 Å². The molecule has 0 spiro atoms. The van der Waals surface area contributed by atoms with E-state index >= 15 is 0 Å². The van der Waals surface area contributed by atoms with E-state index in [1.54, 1.807) is 0 Å². The summed E-state index contributed by atoms with van der Waals surface area (Å²) in [5, 5.41) is 0.586. The Bertz CT molecular complexity index is 541. The van der Waals surface area contributed by atoms with Crippen molar-refractivity contribution < 1.29 is 19.1 Å². The highest BCUT2D eigenvalue weighted by atomic mass is 35.5. The average Bonchev–Trinajstić information content (AvgIpc) is 2.37. The Morgan fingerprint density at radius 2 is 1.50 bits per heavy atom. The van der Waals surface area contributed by atoms with E-state index in [0.29, 0.717) is 5.02 Å². The van der Waals surface area contributed by atoms with Crippen LogP contribution in [0.5, 0.6) is 5.75 Å². The molecule has 0 aromatic heterocycles. The molecule has 0 saturated heterocycles. The van der Waals surface area contributed by atoms with Crippen LogP contribution in [0.3, 0.4) is 0 Å². The zero-order valence-corrected chi connectivity index (χ0v) is 14.8. The van der Waals surface area contributed by atoms with E-state index in [0.717, 1.165) is 0 Å². The van der Waals surface area contributed by atoms with E-state index in [1.165, 1.54) is 12.1 Å². The Labute approximate surface area is 144 Å². The molecule has 0 aliphatic heterocycles. The molecule has 0 fully saturated rings. The van der Waals surface area contributed by atoms with Crippen LogP contribution in [0.2, 0.25) is 15.1 Å². The van der Waals surface area contributed by atoms with Crippen LogP contribution in [0.15, 0.2) is 12.1 Å². The summed E-state index contributed by atoms with van der Waals surface area (Å²) in [6, 6.07) is 2.82. The fourth-order valence-electron chi connectivity index (χ4n) is 1.36. The minimum atomic E-state index is -0.626. The van der Waals surface area contributed by atoms with Crippen molar-refractivity contribution in [2.24, 2.45) is 5.41 Å². The second-order valence-corrected chi connectivity index (χ2v) is 7.14. The predicted octanol–water partition coefficient (Wildman–Crippen LogP) is 4.92.